The summed E-state index contributed by atoms with van der Waals surface area (Å²) in [6.07, 6.45) is 4.69. The molecule has 0 bridgehead atoms. The molecule has 1 fully saturated rings. The second kappa shape index (κ2) is 5.15. The van der Waals surface area contributed by atoms with Crippen molar-refractivity contribution < 1.29 is 0 Å². The van der Waals surface area contributed by atoms with E-state index >= 15 is 0 Å². The van der Waals surface area contributed by atoms with E-state index in [4.69, 9.17) is 5.73 Å². The number of anilines is 1. The number of nitrogens with zero attached hydrogens (tertiary/aromatic N) is 1. The van der Waals surface area contributed by atoms with Crippen LogP contribution < -0.4 is 5.73 Å². The van der Waals surface area contributed by atoms with Gasteiger partial charge in [0.1, 0.15) is 0 Å². The molecule has 2 nitrogen and oxygen atoms in total. The summed E-state index contributed by atoms with van der Waals surface area (Å²) in [4.78, 5) is 2.54. The van der Waals surface area contributed by atoms with Crippen molar-refractivity contribution in [2.75, 3.05) is 18.8 Å². The van der Waals surface area contributed by atoms with Crippen molar-refractivity contribution in [3.05, 3.63) is 42.5 Å². The maximum Gasteiger partial charge on any atom is 0.0314 e. The van der Waals surface area contributed by atoms with E-state index in [1.165, 1.54) is 18.4 Å². The van der Waals surface area contributed by atoms with E-state index < -0.39 is 0 Å². The highest BCUT2D eigenvalue weighted by Gasteiger charge is 2.32. The maximum absolute atomic E-state index is 5.75. The van der Waals surface area contributed by atoms with Crippen LogP contribution in [0, 0.1) is 0 Å². The summed E-state index contributed by atoms with van der Waals surface area (Å²) >= 11 is 0. The second-order valence-electron chi connectivity index (χ2n) is 5.96. The molecule has 18 heavy (non-hydrogen) atoms. The molecule has 2 N–H and O–H groups in total. The molecule has 0 aliphatic heterocycles. The molecule has 1 aliphatic carbocycles. The maximum atomic E-state index is 5.75. The van der Waals surface area contributed by atoms with Crippen molar-refractivity contribution in [2.45, 2.75) is 38.1 Å². The SMILES string of the molecule is C=CCN(CC(C)(C)c1ccc(N)cc1)C1CC1. The Morgan fingerprint density at radius 2 is 1.94 bits per heavy atom. The van der Waals surface area contributed by atoms with Crippen LogP contribution in [0.2, 0.25) is 0 Å². The molecular weight excluding hydrogens is 220 g/mol. The number of benzene rings is 1. The largest absolute Gasteiger partial charge is 0.399 e. The van der Waals surface area contributed by atoms with Crippen molar-refractivity contribution >= 4 is 5.69 Å². The third kappa shape index (κ3) is 3.14. The molecule has 1 aromatic rings. The summed E-state index contributed by atoms with van der Waals surface area (Å²) in [7, 11) is 0. The first-order valence-electron chi connectivity index (χ1n) is 6.74. The molecular formula is C16H24N2. The molecule has 0 radical (unpaired) electrons. The smallest absolute Gasteiger partial charge is 0.0314 e. The zero-order valence-corrected chi connectivity index (χ0v) is 11.5. The molecule has 0 heterocycles. The van der Waals surface area contributed by atoms with Crippen molar-refractivity contribution in [1.29, 1.82) is 0 Å². The zero-order chi connectivity index (χ0) is 13.2. The highest BCUT2D eigenvalue weighted by atomic mass is 15.2. The van der Waals surface area contributed by atoms with Crippen molar-refractivity contribution in [2.24, 2.45) is 0 Å². The number of rotatable bonds is 6. The van der Waals surface area contributed by atoms with Crippen LogP contribution in [0.3, 0.4) is 0 Å². The number of nitrogen functional groups attached to an aromatic ring is 1. The van der Waals surface area contributed by atoms with Crippen LogP contribution in [-0.4, -0.2) is 24.0 Å². The number of nitrogens with two attached hydrogens (primary N) is 1. The van der Waals surface area contributed by atoms with Gasteiger partial charge in [0, 0.05) is 30.2 Å². The van der Waals surface area contributed by atoms with Gasteiger partial charge < -0.3 is 5.73 Å². The Hall–Kier alpha value is -1.28. The van der Waals surface area contributed by atoms with Crippen LogP contribution in [-0.2, 0) is 5.41 Å². The zero-order valence-electron chi connectivity index (χ0n) is 11.5. The van der Waals surface area contributed by atoms with Crippen LogP contribution in [0.15, 0.2) is 36.9 Å². The first kappa shape index (κ1) is 13.2. The fraction of sp³-hybridized carbons (Fsp3) is 0.500. The van der Waals surface area contributed by atoms with Crippen LogP contribution >= 0.6 is 0 Å². The van der Waals surface area contributed by atoms with Gasteiger partial charge in [0.2, 0.25) is 0 Å². The van der Waals surface area contributed by atoms with Crippen molar-refractivity contribution in [3.63, 3.8) is 0 Å². The Bertz CT molecular complexity index is 402. The standard InChI is InChI=1S/C16H24N2/c1-4-11-18(15-9-10-15)12-16(2,3)13-5-7-14(17)8-6-13/h4-8,15H,1,9-12,17H2,2-3H3. The average Bonchev–Trinajstić information content (AvgIpc) is 3.12. The molecule has 0 atom stereocenters. The fourth-order valence-electron chi connectivity index (χ4n) is 2.48. The second-order valence-corrected chi connectivity index (χ2v) is 5.96. The van der Waals surface area contributed by atoms with E-state index in [2.05, 4.69) is 37.5 Å². The Morgan fingerprint density at radius 1 is 1.33 bits per heavy atom. The number of hydrogen-bond acceptors (Lipinski definition) is 2. The van der Waals surface area contributed by atoms with Crippen LogP contribution in [0.25, 0.3) is 0 Å². The van der Waals surface area contributed by atoms with Crippen LogP contribution in [0.5, 0.6) is 0 Å². The number of hydrogen-bond donors (Lipinski definition) is 1. The summed E-state index contributed by atoms with van der Waals surface area (Å²) < 4.78 is 0. The highest BCUT2D eigenvalue weighted by Crippen LogP contribution is 2.32. The minimum absolute atomic E-state index is 0.152. The first-order chi connectivity index (χ1) is 8.53. The summed E-state index contributed by atoms with van der Waals surface area (Å²) in [5.74, 6) is 0. The first-order valence-corrected chi connectivity index (χ1v) is 6.74. The molecule has 0 amide bonds. The Balaban J connectivity index is 2.09. The fourth-order valence-corrected chi connectivity index (χ4v) is 2.48. The summed E-state index contributed by atoms with van der Waals surface area (Å²) in [5.41, 5.74) is 8.09. The Kier molecular flexibility index (Phi) is 3.76. The van der Waals surface area contributed by atoms with Gasteiger partial charge >= 0.3 is 0 Å². The van der Waals surface area contributed by atoms with Crippen LogP contribution in [0.1, 0.15) is 32.3 Å². The van der Waals surface area contributed by atoms with Gasteiger partial charge in [0.15, 0.2) is 0 Å². The molecule has 2 heteroatoms. The molecule has 1 aliphatic rings. The van der Waals surface area contributed by atoms with Gasteiger partial charge in [-0.25, -0.2) is 0 Å². The van der Waals surface area contributed by atoms with Gasteiger partial charge in [-0.15, -0.1) is 6.58 Å². The highest BCUT2D eigenvalue weighted by molar-refractivity contribution is 5.41. The molecule has 98 valence electrons. The molecule has 0 saturated heterocycles. The van der Waals surface area contributed by atoms with Gasteiger partial charge in [0.25, 0.3) is 0 Å². The third-order valence-corrected chi connectivity index (χ3v) is 3.72. The van der Waals surface area contributed by atoms with Crippen LogP contribution in [0.4, 0.5) is 5.69 Å². The van der Waals surface area contributed by atoms with E-state index in [-0.39, 0.29) is 5.41 Å². The minimum atomic E-state index is 0.152. The normalized spacial score (nSPS) is 15.9. The summed E-state index contributed by atoms with van der Waals surface area (Å²) in [5, 5.41) is 0. The van der Waals surface area contributed by atoms with E-state index in [1.54, 1.807) is 0 Å². The molecule has 0 unspecified atom stereocenters. The Morgan fingerprint density at radius 3 is 2.44 bits per heavy atom. The molecule has 0 spiro atoms. The van der Waals surface area contributed by atoms with Crippen molar-refractivity contribution in [3.8, 4) is 0 Å². The van der Waals surface area contributed by atoms with E-state index in [0.29, 0.717) is 0 Å². The monoisotopic (exact) mass is 244 g/mol. The summed E-state index contributed by atoms with van der Waals surface area (Å²) in [6, 6.07) is 9.05. The van der Waals surface area contributed by atoms with Gasteiger partial charge in [-0.05, 0) is 30.5 Å². The quantitative estimate of drug-likeness (QED) is 0.615. The predicted octanol–water partition coefficient (Wildman–Crippen LogP) is 3.20. The lowest BCUT2D eigenvalue weighted by atomic mass is 9.84. The lowest BCUT2D eigenvalue weighted by molar-refractivity contribution is 0.235. The van der Waals surface area contributed by atoms with Gasteiger partial charge in [0.05, 0.1) is 0 Å². The van der Waals surface area contributed by atoms with E-state index in [9.17, 15) is 0 Å². The van der Waals surface area contributed by atoms with E-state index in [0.717, 1.165) is 24.8 Å². The average molecular weight is 244 g/mol. The van der Waals surface area contributed by atoms with E-state index in [1.807, 2.05) is 18.2 Å². The topological polar surface area (TPSA) is 29.3 Å². The van der Waals surface area contributed by atoms with Gasteiger partial charge in [-0.3, -0.25) is 4.90 Å². The molecule has 2 rings (SSSR count). The minimum Gasteiger partial charge on any atom is -0.399 e. The summed E-state index contributed by atoms with van der Waals surface area (Å²) in [6.45, 7) is 10.5. The Labute approximate surface area is 110 Å². The van der Waals surface area contributed by atoms with Gasteiger partial charge in [-0.2, -0.15) is 0 Å². The molecule has 0 aromatic heterocycles. The third-order valence-electron chi connectivity index (χ3n) is 3.72. The predicted molar refractivity (Wildman–Crippen MR) is 78.7 cm³/mol. The van der Waals surface area contributed by atoms with Crippen molar-refractivity contribution in [1.82, 2.24) is 4.90 Å². The van der Waals surface area contributed by atoms with Gasteiger partial charge in [-0.1, -0.05) is 32.1 Å². The molecule has 1 aromatic carbocycles. The molecule has 1 saturated carbocycles. The lowest BCUT2D eigenvalue weighted by Gasteiger charge is -2.33. The lowest BCUT2D eigenvalue weighted by Crippen LogP contribution is -2.38.